The molecule has 1 aromatic heterocycles. The molecule has 38 heavy (non-hydrogen) atoms. The molecule has 1 aliphatic heterocycles. The number of aliphatic hydroxyl groups excluding tert-OH is 1. The van der Waals surface area contributed by atoms with Crippen LogP contribution in [-0.2, 0) is 5.60 Å². The number of pyridine rings is 1. The van der Waals surface area contributed by atoms with Crippen molar-refractivity contribution < 1.29 is 28.5 Å². The molecule has 3 aromatic rings. The van der Waals surface area contributed by atoms with Crippen molar-refractivity contribution in [3.8, 4) is 34.9 Å². The van der Waals surface area contributed by atoms with Crippen molar-refractivity contribution in [1.82, 2.24) is 10.3 Å². The Hall–Kier alpha value is -4.09. The zero-order valence-electron chi connectivity index (χ0n) is 20.3. The van der Waals surface area contributed by atoms with E-state index in [0.717, 1.165) is 5.56 Å². The van der Waals surface area contributed by atoms with E-state index in [1.165, 1.54) is 7.11 Å². The minimum atomic E-state index is -2.58. The molecule has 2 heterocycles. The molecule has 1 fully saturated rings. The van der Waals surface area contributed by atoms with Crippen LogP contribution in [0.5, 0.6) is 11.6 Å². The van der Waals surface area contributed by atoms with Gasteiger partial charge in [0.25, 0.3) is 6.43 Å². The van der Waals surface area contributed by atoms with Gasteiger partial charge in [0.1, 0.15) is 17.9 Å². The maximum absolute atomic E-state index is 12.9. The van der Waals surface area contributed by atoms with Crippen LogP contribution in [0.4, 0.5) is 8.78 Å². The number of nitrogens with zero attached hydrogens (tertiary/aromatic N) is 3. The molecule has 0 amide bonds. The fraction of sp³-hybridized carbons (Fsp3) is 0.321. The van der Waals surface area contributed by atoms with E-state index in [4.69, 9.17) is 9.47 Å². The Bertz CT molecular complexity index is 1420. The summed E-state index contributed by atoms with van der Waals surface area (Å²) >= 11 is 0. The van der Waals surface area contributed by atoms with Gasteiger partial charge in [-0.2, -0.15) is 10.5 Å². The zero-order valence-corrected chi connectivity index (χ0v) is 20.3. The van der Waals surface area contributed by atoms with Crippen LogP contribution in [0.1, 0.15) is 28.3 Å². The Morgan fingerprint density at radius 2 is 1.84 bits per heavy atom. The predicted molar refractivity (Wildman–Crippen MR) is 132 cm³/mol. The van der Waals surface area contributed by atoms with Gasteiger partial charge < -0.3 is 25.0 Å². The second kappa shape index (κ2) is 9.99. The lowest BCUT2D eigenvalue weighted by atomic mass is 9.86. The Morgan fingerprint density at radius 1 is 1.13 bits per heavy atom. The number of hydrogen-bond donors (Lipinski definition) is 3. The summed E-state index contributed by atoms with van der Waals surface area (Å²) in [6, 6.07) is 19.6. The minimum absolute atomic E-state index is 0.00290. The van der Waals surface area contributed by atoms with Crippen LogP contribution in [0, 0.1) is 28.6 Å². The molecule has 5 rings (SSSR count). The van der Waals surface area contributed by atoms with Crippen molar-refractivity contribution in [2.24, 2.45) is 5.92 Å². The maximum Gasteiger partial charge on any atom is 0.250 e. The molecule has 1 aliphatic carbocycles. The standard InChI is InChI=1S/C28H24F2N4O4/c1-37-27-23-24(22(19(12-32)34-27)17-9-7-15(11-31)8-10-17)38-26-21(16-5-3-2-4-6-16)18(13-33-14-20(29)30)25(35)28(23,26)36/h2-10,18,20-21,25-26,33,35-36H,13-14H2,1H3. The van der Waals surface area contributed by atoms with Gasteiger partial charge in [-0.15, -0.1) is 0 Å². The number of halogens is 2. The number of aromatic nitrogens is 1. The van der Waals surface area contributed by atoms with Gasteiger partial charge in [0, 0.05) is 18.4 Å². The fourth-order valence-corrected chi connectivity index (χ4v) is 5.69. The average Bonchev–Trinajstić information content (AvgIpc) is 3.35. The van der Waals surface area contributed by atoms with Gasteiger partial charge in [0.15, 0.2) is 11.3 Å². The lowest BCUT2D eigenvalue weighted by Gasteiger charge is -2.28. The molecular formula is C28H24F2N4O4. The van der Waals surface area contributed by atoms with Gasteiger partial charge in [-0.25, -0.2) is 13.8 Å². The first kappa shape index (κ1) is 25.6. The first-order valence-electron chi connectivity index (χ1n) is 12.0. The number of rotatable bonds is 7. The van der Waals surface area contributed by atoms with Crippen LogP contribution in [0.15, 0.2) is 54.6 Å². The van der Waals surface area contributed by atoms with Gasteiger partial charge in [-0.3, -0.25) is 0 Å². The molecule has 5 atom stereocenters. The Labute approximate surface area is 217 Å². The number of benzene rings is 2. The lowest BCUT2D eigenvalue weighted by molar-refractivity contribution is -0.0995. The highest BCUT2D eigenvalue weighted by atomic mass is 19.3. The van der Waals surface area contributed by atoms with Gasteiger partial charge in [0.05, 0.1) is 42.5 Å². The quantitative estimate of drug-likeness (QED) is 0.435. The number of aliphatic hydroxyl groups is 2. The highest BCUT2D eigenvalue weighted by molar-refractivity contribution is 5.80. The SMILES string of the molecule is COc1nc(C#N)c(-c2ccc(C#N)cc2)c2c1C1(O)C(O)C(CNCC(F)F)C(c3ccccc3)C1O2. The maximum atomic E-state index is 12.9. The van der Waals surface area contributed by atoms with Crippen LogP contribution in [0.3, 0.4) is 0 Å². The van der Waals surface area contributed by atoms with Crippen molar-refractivity contribution in [2.75, 3.05) is 20.2 Å². The summed E-state index contributed by atoms with van der Waals surface area (Å²) in [4.78, 5) is 4.33. The van der Waals surface area contributed by atoms with E-state index >= 15 is 0 Å². The van der Waals surface area contributed by atoms with E-state index in [1.807, 2.05) is 42.5 Å². The van der Waals surface area contributed by atoms with E-state index in [2.05, 4.69) is 10.3 Å². The number of alkyl halides is 2. The summed E-state index contributed by atoms with van der Waals surface area (Å²) in [5.74, 6) is -1.23. The zero-order chi connectivity index (χ0) is 27.0. The number of nitrogens with one attached hydrogen (secondary N) is 1. The summed E-state index contributed by atoms with van der Waals surface area (Å²) in [6.07, 6.45) is -5.05. The summed E-state index contributed by atoms with van der Waals surface area (Å²) in [7, 11) is 1.33. The molecule has 10 heteroatoms. The average molecular weight is 519 g/mol. The molecule has 2 aliphatic rings. The van der Waals surface area contributed by atoms with E-state index in [-0.39, 0.29) is 29.4 Å². The molecule has 0 saturated heterocycles. The third kappa shape index (κ3) is 3.95. The largest absolute Gasteiger partial charge is 0.485 e. The topological polar surface area (TPSA) is 131 Å². The summed E-state index contributed by atoms with van der Waals surface area (Å²) in [6.45, 7) is -0.568. The van der Waals surface area contributed by atoms with Crippen molar-refractivity contribution in [1.29, 1.82) is 10.5 Å². The first-order chi connectivity index (χ1) is 18.3. The van der Waals surface area contributed by atoms with E-state index in [0.29, 0.717) is 16.7 Å². The number of ether oxygens (including phenoxy) is 2. The fourth-order valence-electron chi connectivity index (χ4n) is 5.69. The third-order valence-corrected chi connectivity index (χ3v) is 7.31. The molecule has 5 unspecified atom stereocenters. The summed E-state index contributed by atoms with van der Waals surface area (Å²) in [5.41, 5.74) is 0.0408. The highest BCUT2D eigenvalue weighted by Crippen LogP contribution is 2.61. The van der Waals surface area contributed by atoms with Crippen molar-refractivity contribution >= 4 is 0 Å². The van der Waals surface area contributed by atoms with Crippen LogP contribution >= 0.6 is 0 Å². The molecule has 2 aromatic carbocycles. The Morgan fingerprint density at radius 3 is 2.45 bits per heavy atom. The van der Waals surface area contributed by atoms with Crippen LogP contribution < -0.4 is 14.8 Å². The normalized spacial score (nSPS) is 25.3. The van der Waals surface area contributed by atoms with Crippen molar-refractivity contribution in [2.45, 2.75) is 30.2 Å². The molecule has 3 N–H and O–H groups in total. The molecule has 0 radical (unpaired) electrons. The molecular weight excluding hydrogens is 494 g/mol. The molecule has 194 valence electrons. The summed E-state index contributed by atoms with van der Waals surface area (Å²) in [5, 5.41) is 45.6. The van der Waals surface area contributed by atoms with E-state index in [9.17, 15) is 29.5 Å². The highest BCUT2D eigenvalue weighted by Gasteiger charge is 2.67. The molecule has 0 bridgehead atoms. The summed E-state index contributed by atoms with van der Waals surface area (Å²) < 4.78 is 37.7. The second-order valence-electron chi connectivity index (χ2n) is 9.31. The lowest BCUT2D eigenvalue weighted by Crippen LogP contribution is -2.44. The predicted octanol–water partition coefficient (Wildman–Crippen LogP) is 3.08. The van der Waals surface area contributed by atoms with Gasteiger partial charge in [0.2, 0.25) is 5.88 Å². The van der Waals surface area contributed by atoms with Crippen LogP contribution in [0.2, 0.25) is 0 Å². The molecule has 0 spiro atoms. The Kier molecular flexibility index (Phi) is 6.72. The van der Waals surface area contributed by atoms with Crippen molar-refractivity contribution in [3.05, 3.63) is 77.0 Å². The van der Waals surface area contributed by atoms with Crippen LogP contribution in [0.25, 0.3) is 11.1 Å². The minimum Gasteiger partial charge on any atom is -0.485 e. The van der Waals surface area contributed by atoms with Gasteiger partial charge in [-0.05, 0) is 23.3 Å². The third-order valence-electron chi connectivity index (χ3n) is 7.31. The number of methoxy groups -OCH3 is 1. The smallest absolute Gasteiger partial charge is 0.250 e. The monoisotopic (exact) mass is 518 g/mol. The van der Waals surface area contributed by atoms with Crippen molar-refractivity contribution in [3.63, 3.8) is 0 Å². The van der Waals surface area contributed by atoms with E-state index in [1.54, 1.807) is 24.3 Å². The van der Waals surface area contributed by atoms with Gasteiger partial charge >= 0.3 is 0 Å². The number of fused-ring (bicyclic) bond motifs is 3. The second-order valence-corrected chi connectivity index (χ2v) is 9.31. The molecule has 8 nitrogen and oxygen atoms in total. The number of nitriles is 2. The number of hydrogen-bond acceptors (Lipinski definition) is 8. The van der Waals surface area contributed by atoms with Gasteiger partial charge in [-0.1, -0.05) is 42.5 Å². The molecule has 1 saturated carbocycles. The first-order valence-corrected chi connectivity index (χ1v) is 12.0. The Balaban J connectivity index is 1.69. The van der Waals surface area contributed by atoms with Crippen LogP contribution in [-0.4, -0.2) is 54.0 Å². The van der Waals surface area contributed by atoms with E-state index < -0.39 is 42.6 Å².